The number of rotatable bonds is 6. The molecule has 0 unspecified atom stereocenters. The first-order valence-electron chi connectivity index (χ1n) is 8.78. The molecule has 1 saturated carbocycles. The summed E-state index contributed by atoms with van der Waals surface area (Å²) in [5, 5.41) is 5.26. The average Bonchev–Trinajstić information content (AvgIpc) is 3.45. The van der Waals surface area contributed by atoms with Gasteiger partial charge >= 0.3 is 6.36 Å². The number of alkyl halides is 3. The Morgan fingerprint density at radius 2 is 1.97 bits per heavy atom. The third-order valence-corrected chi connectivity index (χ3v) is 4.05. The number of nitrogens with one attached hydrogen (secondary N) is 2. The van der Waals surface area contributed by atoms with Gasteiger partial charge in [-0.25, -0.2) is 9.97 Å². The molecule has 1 aromatic heterocycles. The largest absolute Gasteiger partial charge is 0.573 e. The predicted molar refractivity (Wildman–Crippen MR) is 94.8 cm³/mol. The first-order chi connectivity index (χ1) is 13.6. The summed E-state index contributed by atoms with van der Waals surface area (Å²) >= 11 is 0. The average molecular weight is 406 g/mol. The number of halogens is 3. The standard InChI is InChI=1S/C19H17F3N4O3/c1-10-9-15(25-18(23-10)26-16(27)13-3-4-13)17(28)24-11(2)12-5-7-14(8-6-12)29-19(20,21)22/h5,7,9,11,13H,3-4H2,1-2H3,(H,24,28)(H,23,25,26,27)/t11-/m1/s1. The van der Waals surface area contributed by atoms with Gasteiger partial charge in [0.2, 0.25) is 11.9 Å². The van der Waals surface area contributed by atoms with Crippen LogP contribution in [0.3, 0.4) is 0 Å². The van der Waals surface area contributed by atoms with E-state index in [9.17, 15) is 22.8 Å². The summed E-state index contributed by atoms with van der Waals surface area (Å²) in [7, 11) is 0. The number of nitrogens with zero attached hydrogens (tertiary/aromatic N) is 2. The maximum Gasteiger partial charge on any atom is 0.573 e. The van der Waals surface area contributed by atoms with Gasteiger partial charge in [-0.05, 0) is 51.0 Å². The van der Waals surface area contributed by atoms with Crippen molar-refractivity contribution in [3.63, 3.8) is 0 Å². The molecule has 1 atom stereocenters. The lowest BCUT2D eigenvalue weighted by Gasteiger charge is -2.14. The Morgan fingerprint density at radius 1 is 1.24 bits per heavy atom. The van der Waals surface area contributed by atoms with Crippen LogP contribution in [-0.2, 0) is 4.79 Å². The smallest absolute Gasteiger partial charge is 0.397 e. The summed E-state index contributed by atoms with van der Waals surface area (Å²) in [4.78, 5) is 32.5. The van der Waals surface area contributed by atoms with E-state index in [1.165, 1.54) is 12.1 Å². The maximum absolute atomic E-state index is 12.5. The molecule has 10 heteroatoms. The fourth-order valence-corrected chi connectivity index (χ4v) is 2.47. The van der Waals surface area contributed by atoms with E-state index in [2.05, 4.69) is 37.5 Å². The van der Waals surface area contributed by atoms with Gasteiger partial charge in [0, 0.05) is 17.2 Å². The summed E-state index contributed by atoms with van der Waals surface area (Å²) in [6.07, 6.45) is -3.17. The SMILES string of the molecule is Cc1cc(C(=O)N[C@H](C)c2c#cc(OC(F)(F)F)cc2)nc(NC(=O)C2CC2)n1. The van der Waals surface area contributed by atoms with Crippen LogP contribution in [0.15, 0.2) is 18.2 Å². The Labute approximate surface area is 164 Å². The Hall–Kier alpha value is -3.35. The monoisotopic (exact) mass is 406 g/mol. The van der Waals surface area contributed by atoms with E-state index in [1.54, 1.807) is 13.8 Å². The molecule has 152 valence electrons. The van der Waals surface area contributed by atoms with E-state index in [4.69, 9.17) is 0 Å². The van der Waals surface area contributed by atoms with Crippen LogP contribution in [0.4, 0.5) is 19.1 Å². The van der Waals surface area contributed by atoms with Crippen LogP contribution >= 0.6 is 0 Å². The minimum absolute atomic E-state index is 0.0347. The summed E-state index contributed by atoms with van der Waals surface area (Å²) in [6.45, 7) is 3.29. The van der Waals surface area contributed by atoms with Crippen molar-refractivity contribution < 1.29 is 27.5 Å². The highest BCUT2D eigenvalue weighted by Crippen LogP contribution is 2.29. The molecule has 0 bridgehead atoms. The number of hydrogen-bond donors (Lipinski definition) is 2. The Morgan fingerprint density at radius 3 is 2.55 bits per heavy atom. The van der Waals surface area contributed by atoms with Gasteiger partial charge in [-0.1, -0.05) is 6.07 Å². The van der Waals surface area contributed by atoms with Crippen molar-refractivity contribution in [3.05, 3.63) is 47.3 Å². The van der Waals surface area contributed by atoms with Crippen LogP contribution < -0.4 is 15.4 Å². The van der Waals surface area contributed by atoms with Gasteiger partial charge in [0.25, 0.3) is 5.91 Å². The molecule has 29 heavy (non-hydrogen) atoms. The molecule has 1 aliphatic carbocycles. The highest BCUT2D eigenvalue weighted by molar-refractivity contribution is 5.95. The van der Waals surface area contributed by atoms with Crippen molar-refractivity contribution in [1.82, 2.24) is 15.3 Å². The normalized spacial score (nSPS) is 14.5. The lowest BCUT2D eigenvalue weighted by Crippen LogP contribution is -2.28. The molecule has 1 heterocycles. The zero-order chi connectivity index (χ0) is 21.2. The summed E-state index contributed by atoms with van der Waals surface area (Å²) in [5.74, 6) is -1.22. The Bertz CT molecular complexity index is 912. The van der Waals surface area contributed by atoms with Gasteiger partial charge in [-0.3, -0.25) is 14.9 Å². The van der Waals surface area contributed by atoms with Crippen LogP contribution in [0.25, 0.3) is 0 Å². The second kappa shape index (κ2) is 7.95. The minimum Gasteiger partial charge on any atom is -0.397 e. The highest BCUT2D eigenvalue weighted by Gasteiger charge is 2.31. The van der Waals surface area contributed by atoms with E-state index in [0.29, 0.717) is 11.3 Å². The number of aromatic nitrogens is 2. The third-order valence-electron chi connectivity index (χ3n) is 4.05. The second-order valence-electron chi connectivity index (χ2n) is 6.63. The molecule has 0 radical (unpaired) electrons. The van der Waals surface area contributed by atoms with Gasteiger partial charge in [0.15, 0.2) is 5.75 Å². The molecule has 1 aliphatic rings. The molecule has 2 aromatic rings. The van der Waals surface area contributed by atoms with Gasteiger partial charge in [0.05, 0.1) is 6.04 Å². The van der Waals surface area contributed by atoms with Crippen molar-refractivity contribution in [2.24, 2.45) is 5.92 Å². The van der Waals surface area contributed by atoms with Crippen LogP contribution in [0.1, 0.15) is 47.6 Å². The number of ether oxygens (including phenoxy) is 1. The zero-order valence-electron chi connectivity index (χ0n) is 15.6. The van der Waals surface area contributed by atoms with Crippen LogP contribution in [0, 0.1) is 25.0 Å². The molecule has 7 nitrogen and oxygen atoms in total. The first-order valence-corrected chi connectivity index (χ1v) is 8.78. The van der Waals surface area contributed by atoms with Crippen molar-refractivity contribution in [1.29, 1.82) is 0 Å². The molecule has 1 fully saturated rings. The van der Waals surface area contributed by atoms with Gasteiger partial charge < -0.3 is 10.1 Å². The molecule has 0 aliphatic heterocycles. The number of amides is 2. The molecule has 3 rings (SSSR count). The zero-order valence-corrected chi connectivity index (χ0v) is 15.6. The number of carbonyl (C=O) groups is 2. The summed E-state index contributed by atoms with van der Waals surface area (Å²) in [5.41, 5.74) is 0.954. The molecular formula is C19H17F3N4O3. The maximum atomic E-state index is 12.5. The van der Waals surface area contributed by atoms with E-state index in [0.717, 1.165) is 18.9 Å². The predicted octanol–water partition coefficient (Wildman–Crippen LogP) is 3.12. The van der Waals surface area contributed by atoms with E-state index >= 15 is 0 Å². The number of aryl methyl sites for hydroxylation is 1. The first kappa shape index (κ1) is 20.4. The minimum atomic E-state index is -4.82. The highest BCUT2D eigenvalue weighted by atomic mass is 19.4. The topological polar surface area (TPSA) is 93.2 Å². The van der Waals surface area contributed by atoms with Crippen molar-refractivity contribution in [2.45, 2.75) is 39.1 Å². The fourth-order valence-electron chi connectivity index (χ4n) is 2.47. The number of carbonyl (C=O) groups excluding carboxylic acids is 2. The fraction of sp³-hybridized carbons (Fsp3) is 0.368. The second-order valence-corrected chi connectivity index (χ2v) is 6.63. The molecule has 2 N–H and O–H groups in total. The van der Waals surface area contributed by atoms with Crippen LogP contribution in [0.2, 0.25) is 0 Å². The number of anilines is 1. The molecule has 0 saturated heterocycles. The number of hydrogen-bond acceptors (Lipinski definition) is 5. The third kappa shape index (κ3) is 5.81. The lowest BCUT2D eigenvalue weighted by atomic mass is 10.1. The lowest BCUT2D eigenvalue weighted by molar-refractivity contribution is -0.274. The van der Waals surface area contributed by atoms with Crippen LogP contribution in [-0.4, -0.2) is 28.1 Å². The van der Waals surface area contributed by atoms with Crippen molar-refractivity contribution in [3.8, 4) is 5.75 Å². The quantitative estimate of drug-likeness (QED) is 0.769. The van der Waals surface area contributed by atoms with Gasteiger partial charge in [-0.2, -0.15) is 0 Å². The van der Waals surface area contributed by atoms with E-state index in [1.807, 2.05) is 0 Å². The van der Waals surface area contributed by atoms with E-state index in [-0.39, 0.29) is 23.5 Å². The van der Waals surface area contributed by atoms with Gasteiger partial charge in [-0.15, -0.1) is 13.2 Å². The molecule has 2 amide bonds. The molecule has 1 aromatic carbocycles. The van der Waals surface area contributed by atoms with Crippen molar-refractivity contribution >= 4 is 17.8 Å². The molecular weight excluding hydrogens is 389 g/mol. The van der Waals surface area contributed by atoms with Crippen LogP contribution in [0.5, 0.6) is 5.75 Å². The Balaban J connectivity index is 1.66. The molecule has 0 spiro atoms. The van der Waals surface area contributed by atoms with Gasteiger partial charge in [0.1, 0.15) is 5.69 Å². The Kier molecular flexibility index (Phi) is 5.59. The summed E-state index contributed by atoms with van der Waals surface area (Å²) < 4.78 is 40.3. The summed E-state index contributed by atoms with van der Waals surface area (Å²) in [6, 6.07) is 8.09. The van der Waals surface area contributed by atoms with Crippen molar-refractivity contribution in [2.75, 3.05) is 5.32 Å². The van der Waals surface area contributed by atoms with E-state index < -0.39 is 24.1 Å².